The van der Waals surface area contributed by atoms with Crippen molar-refractivity contribution >= 4 is 21.6 Å². The minimum atomic E-state index is 0.697. The topological polar surface area (TPSA) is 29.3 Å². The number of hydrogen-bond donors (Lipinski definition) is 1. The molecule has 0 bridgehead atoms. The van der Waals surface area contributed by atoms with Crippen LogP contribution in [-0.2, 0) is 6.42 Å². The van der Waals surface area contributed by atoms with Crippen molar-refractivity contribution < 1.29 is 0 Å². The molecule has 0 aliphatic rings. The van der Waals surface area contributed by atoms with Crippen LogP contribution in [0.5, 0.6) is 0 Å². The molecule has 0 spiro atoms. The predicted octanol–water partition coefficient (Wildman–Crippen LogP) is 2.80. The van der Waals surface area contributed by atoms with Crippen LogP contribution in [0, 0.1) is 0 Å². The Labute approximate surface area is 101 Å². The third-order valence-electron chi connectivity index (χ3n) is 2.45. The Hall–Kier alpha value is -0.540. The zero-order chi connectivity index (χ0) is 11.3. The number of hydrogen-bond acceptors (Lipinski definition) is 2. The maximum Gasteiger partial charge on any atom is 0.0375 e. The summed E-state index contributed by atoms with van der Waals surface area (Å²) < 4.78 is 1.16. The van der Waals surface area contributed by atoms with Gasteiger partial charge in [-0.3, -0.25) is 0 Å². The molecule has 0 radical (unpaired) electrons. The highest BCUT2D eigenvalue weighted by molar-refractivity contribution is 9.10. The highest BCUT2D eigenvalue weighted by atomic mass is 79.9. The van der Waals surface area contributed by atoms with Crippen molar-refractivity contribution in [2.24, 2.45) is 5.73 Å². The van der Waals surface area contributed by atoms with Gasteiger partial charge in [0.2, 0.25) is 0 Å². The van der Waals surface area contributed by atoms with Crippen LogP contribution in [0.4, 0.5) is 5.69 Å². The molecule has 1 aromatic rings. The number of halogens is 1. The summed E-state index contributed by atoms with van der Waals surface area (Å²) in [5.74, 6) is 0. The monoisotopic (exact) mass is 270 g/mol. The first kappa shape index (κ1) is 12.5. The van der Waals surface area contributed by atoms with E-state index in [9.17, 15) is 0 Å². The average Bonchev–Trinajstić information content (AvgIpc) is 2.21. The highest BCUT2D eigenvalue weighted by Gasteiger charge is 2.03. The normalized spacial score (nSPS) is 10.4. The van der Waals surface area contributed by atoms with Crippen LogP contribution in [0.2, 0.25) is 0 Å². The molecule has 1 rings (SSSR count). The van der Waals surface area contributed by atoms with Crippen LogP contribution in [0.1, 0.15) is 18.9 Å². The fourth-order valence-corrected chi connectivity index (χ4v) is 2.16. The van der Waals surface area contributed by atoms with Gasteiger partial charge in [-0.2, -0.15) is 0 Å². The average molecular weight is 271 g/mol. The molecule has 84 valence electrons. The van der Waals surface area contributed by atoms with Crippen LogP contribution in [0.15, 0.2) is 22.7 Å². The van der Waals surface area contributed by atoms with Crippen LogP contribution >= 0.6 is 15.9 Å². The first-order chi connectivity index (χ1) is 7.19. The van der Waals surface area contributed by atoms with Gasteiger partial charge in [0.1, 0.15) is 0 Å². The van der Waals surface area contributed by atoms with E-state index in [2.05, 4.69) is 53.0 Å². The Morgan fingerprint density at radius 2 is 2.13 bits per heavy atom. The van der Waals surface area contributed by atoms with Gasteiger partial charge in [0.25, 0.3) is 0 Å². The van der Waals surface area contributed by atoms with Crippen molar-refractivity contribution in [1.82, 2.24) is 0 Å². The third kappa shape index (κ3) is 3.50. The van der Waals surface area contributed by atoms with E-state index in [1.54, 1.807) is 0 Å². The van der Waals surface area contributed by atoms with Crippen LogP contribution < -0.4 is 10.6 Å². The lowest BCUT2D eigenvalue weighted by atomic mass is 10.1. The molecule has 0 fully saturated rings. The lowest BCUT2D eigenvalue weighted by Crippen LogP contribution is -2.17. The van der Waals surface area contributed by atoms with E-state index in [0.717, 1.165) is 17.4 Å². The quantitative estimate of drug-likeness (QED) is 0.892. The van der Waals surface area contributed by atoms with E-state index in [1.807, 2.05) is 0 Å². The standard InChI is InChI=1S/C12H19BrN2/c1-3-8-15(2)11-5-4-10(6-7-14)12(13)9-11/h4-5,9H,3,6-8,14H2,1-2H3. The molecule has 2 N–H and O–H groups in total. The van der Waals surface area contributed by atoms with Gasteiger partial charge in [-0.15, -0.1) is 0 Å². The Kier molecular flexibility index (Phi) is 5.12. The summed E-state index contributed by atoms with van der Waals surface area (Å²) in [7, 11) is 2.12. The molecular weight excluding hydrogens is 252 g/mol. The summed E-state index contributed by atoms with van der Waals surface area (Å²) in [6.07, 6.45) is 2.09. The van der Waals surface area contributed by atoms with Gasteiger partial charge >= 0.3 is 0 Å². The molecule has 0 amide bonds. The lowest BCUT2D eigenvalue weighted by Gasteiger charge is -2.19. The summed E-state index contributed by atoms with van der Waals surface area (Å²) in [5, 5.41) is 0. The van der Waals surface area contributed by atoms with Gasteiger partial charge in [0, 0.05) is 23.8 Å². The second-order valence-corrected chi connectivity index (χ2v) is 4.59. The SMILES string of the molecule is CCCN(C)c1ccc(CCN)c(Br)c1. The van der Waals surface area contributed by atoms with Gasteiger partial charge < -0.3 is 10.6 Å². The minimum absolute atomic E-state index is 0.697. The van der Waals surface area contributed by atoms with Gasteiger partial charge in [-0.05, 0) is 37.1 Å². The van der Waals surface area contributed by atoms with Gasteiger partial charge in [-0.1, -0.05) is 28.9 Å². The number of nitrogens with two attached hydrogens (primary N) is 1. The van der Waals surface area contributed by atoms with Gasteiger partial charge in [0.05, 0.1) is 0 Å². The summed E-state index contributed by atoms with van der Waals surface area (Å²) in [4.78, 5) is 2.26. The molecule has 3 heteroatoms. The number of benzene rings is 1. The molecule has 0 saturated heterocycles. The Morgan fingerprint density at radius 1 is 1.40 bits per heavy atom. The van der Waals surface area contributed by atoms with Crippen molar-refractivity contribution in [3.8, 4) is 0 Å². The summed E-state index contributed by atoms with van der Waals surface area (Å²) >= 11 is 3.59. The summed E-state index contributed by atoms with van der Waals surface area (Å²) in [6.45, 7) is 3.97. The maximum absolute atomic E-state index is 5.54. The molecule has 1 aromatic carbocycles. The van der Waals surface area contributed by atoms with Crippen molar-refractivity contribution in [2.45, 2.75) is 19.8 Å². The molecule has 0 unspecified atom stereocenters. The van der Waals surface area contributed by atoms with E-state index >= 15 is 0 Å². The Morgan fingerprint density at radius 3 is 2.67 bits per heavy atom. The van der Waals surface area contributed by atoms with Crippen LogP contribution in [0.3, 0.4) is 0 Å². The largest absolute Gasteiger partial charge is 0.375 e. The highest BCUT2D eigenvalue weighted by Crippen LogP contribution is 2.23. The molecule has 15 heavy (non-hydrogen) atoms. The number of nitrogens with zero attached hydrogens (tertiary/aromatic N) is 1. The van der Waals surface area contributed by atoms with Gasteiger partial charge in [0.15, 0.2) is 0 Å². The fourth-order valence-electron chi connectivity index (χ4n) is 1.60. The second kappa shape index (κ2) is 6.13. The molecule has 0 heterocycles. The third-order valence-corrected chi connectivity index (χ3v) is 3.19. The van der Waals surface area contributed by atoms with Crippen LogP contribution in [-0.4, -0.2) is 20.1 Å². The molecular formula is C12H19BrN2. The zero-order valence-corrected chi connectivity index (χ0v) is 11.0. The van der Waals surface area contributed by atoms with Crippen molar-refractivity contribution in [3.05, 3.63) is 28.2 Å². The number of rotatable bonds is 5. The van der Waals surface area contributed by atoms with Crippen molar-refractivity contribution in [1.29, 1.82) is 0 Å². The van der Waals surface area contributed by atoms with Gasteiger partial charge in [-0.25, -0.2) is 0 Å². The van der Waals surface area contributed by atoms with Crippen LogP contribution in [0.25, 0.3) is 0 Å². The Bertz CT molecular complexity index is 312. The molecule has 0 aliphatic heterocycles. The van der Waals surface area contributed by atoms with Crippen molar-refractivity contribution in [2.75, 3.05) is 25.0 Å². The Balaban J connectivity index is 2.81. The predicted molar refractivity (Wildman–Crippen MR) is 70.5 cm³/mol. The minimum Gasteiger partial charge on any atom is -0.375 e. The summed E-state index contributed by atoms with van der Waals surface area (Å²) in [5.41, 5.74) is 8.08. The number of anilines is 1. The second-order valence-electron chi connectivity index (χ2n) is 3.74. The van der Waals surface area contributed by atoms with E-state index in [0.29, 0.717) is 6.54 Å². The fraction of sp³-hybridized carbons (Fsp3) is 0.500. The molecule has 2 nitrogen and oxygen atoms in total. The molecule has 0 aromatic heterocycles. The smallest absolute Gasteiger partial charge is 0.0375 e. The molecule has 0 atom stereocenters. The first-order valence-electron chi connectivity index (χ1n) is 5.38. The van der Waals surface area contributed by atoms with E-state index in [-0.39, 0.29) is 0 Å². The lowest BCUT2D eigenvalue weighted by molar-refractivity contribution is 0.851. The summed E-state index contributed by atoms with van der Waals surface area (Å²) in [6, 6.07) is 6.48. The van der Waals surface area contributed by atoms with E-state index < -0.39 is 0 Å². The first-order valence-corrected chi connectivity index (χ1v) is 6.18. The van der Waals surface area contributed by atoms with Crippen molar-refractivity contribution in [3.63, 3.8) is 0 Å². The van der Waals surface area contributed by atoms with E-state index in [1.165, 1.54) is 17.7 Å². The zero-order valence-electron chi connectivity index (χ0n) is 9.46. The molecule has 0 aliphatic carbocycles. The van der Waals surface area contributed by atoms with E-state index in [4.69, 9.17) is 5.73 Å². The maximum atomic E-state index is 5.54. The molecule has 0 saturated carbocycles.